The largest absolute Gasteiger partial charge is 0.465 e. The van der Waals surface area contributed by atoms with E-state index in [1.54, 1.807) is 0 Å². The highest BCUT2D eigenvalue weighted by atomic mass is 16.5. The van der Waals surface area contributed by atoms with Crippen LogP contribution in [0, 0.1) is 0 Å². The van der Waals surface area contributed by atoms with E-state index in [4.69, 9.17) is 4.74 Å². The highest BCUT2D eigenvalue weighted by Crippen LogP contribution is 2.29. The van der Waals surface area contributed by atoms with Crippen molar-refractivity contribution in [3.8, 4) is 0 Å². The van der Waals surface area contributed by atoms with E-state index in [0.29, 0.717) is 18.7 Å². The van der Waals surface area contributed by atoms with Crippen LogP contribution in [0.2, 0.25) is 0 Å². The van der Waals surface area contributed by atoms with Crippen LogP contribution in [-0.4, -0.2) is 111 Å². The standard InChI is InChI=1S/C18H36N4O2/c1-18(22-13-11-20(4)12-14-22)6-9-21(10-7-18)16-17(23)24-15-5-8-19(2)3/h5-16H2,1-4H3. The Morgan fingerprint density at radius 1 is 1.08 bits per heavy atom. The van der Waals surface area contributed by atoms with Crippen molar-refractivity contribution >= 4 is 5.97 Å². The van der Waals surface area contributed by atoms with E-state index in [2.05, 4.69) is 33.6 Å². The molecule has 0 aromatic heterocycles. The number of rotatable bonds is 7. The molecule has 0 aromatic carbocycles. The Hall–Kier alpha value is -0.690. The van der Waals surface area contributed by atoms with Crippen LogP contribution in [0.25, 0.3) is 0 Å². The molecule has 0 aliphatic carbocycles. The van der Waals surface area contributed by atoms with E-state index in [-0.39, 0.29) is 5.97 Å². The van der Waals surface area contributed by atoms with E-state index in [9.17, 15) is 4.79 Å². The second-order valence-corrected chi connectivity index (χ2v) is 7.94. The number of carbonyl (C=O) groups excluding carboxylic acids is 1. The average Bonchev–Trinajstić information content (AvgIpc) is 2.54. The van der Waals surface area contributed by atoms with Crippen molar-refractivity contribution < 1.29 is 9.53 Å². The van der Waals surface area contributed by atoms with Gasteiger partial charge in [-0.25, -0.2) is 0 Å². The molecule has 0 bridgehead atoms. The predicted octanol–water partition coefficient (Wildman–Crippen LogP) is 0.583. The number of ether oxygens (including phenoxy) is 1. The Morgan fingerprint density at radius 2 is 1.71 bits per heavy atom. The number of piperidine rings is 1. The van der Waals surface area contributed by atoms with Gasteiger partial charge in [0.25, 0.3) is 0 Å². The maximum atomic E-state index is 12.0. The number of hydrogen-bond acceptors (Lipinski definition) is 6. The van der Waals surface area contributed by atoms with Crippen molar-refractivity contribution in [3.05, 3.63) is 0 Å². The summed E-state index contributed by atoms with van der Waals surface area (Å²) in [5, 5.41) is 0. The molecule has 2 saturated heterocycles. The SMILES string of the molecule is CN(C)CCCOC(=O)CN1CCC(C)(N2CCN(C)CC2)CC1. The second-order valence-electron chi connectivity index (χ2n) is 7.94. The molecule has 24 heavy (non-hydrogen) atoms. The number of nitrogens with zero attached hydrogens (tertiary/aromatic N) is 4. The summed E-state index contributed by atoms with van der Waals surface area (Å²) in [4.78, 5) is 21.4. The van der Waals surface area contributed by atoms with Crippen molar-refractivity contribution in [1.29, 1.82) is 0 Å². The van der Waals surface area contributed by atoms with Crippen LogP contribution in [0.3, 0.4) is 0 Å². The van der Waals surface area contributed by atoms with Gasteiger partial charge in [-0.2, -0.15) is 0 Å². The Morgan fingerprint density at radius 3 is 2.29 bits per heavy atom. The number of esters is 1. The van der Waals surface area contributed by atoms with Gasteiger partial charge < -0.3 is 14.5 Å². The molecule has 2 aliphatic rings. The summed E-state index contributed by atoms with van der Waals surface area (Å²) in [6, 6.07) is 0. The Labute approximate surface area is 147 Å². The number of likely N-dealkylation sites (tertiary alicyclic amines) is 1. The van der Waals surface area contributed by atoms with Gasteiger partial charge >= 0.3 is 5.97 Å². The zero-order valence-corrected chi connectivity index (χ0v) is 16.1. The van der Waals surface area contributed by atoms with Crippen LogP contribution in [-0.2, 0) is 9.53 Å². The minimum absolute atomic E-state index is 0.0723. The van der Waals surface area contributed by atoms with Gasteiger partial charge in [-0.1, -0.05) is 0 Å². The average molecular weight is 341 g/mol. The highest BCUT2D eigenvalue weighted by molar-refractivity contribution is 5.71. The van der Waals surface area contributed by atoms with E-state index in [1.807, 2.05) is 14.1 Å². The smallest absolute Gasteiger partial charge is 0.320 e. The Balaban J connectivity index is 1.66. The van der Waals surface area contributed by atoms with E-state index in [1.165, 1.54) is 26.2 Å². The molecule has 2 fully saturated rings. The molecule has 2 rings (SSSR count). The lowest BCUT2D eigenvalue weighted by Gasteiger charge is -2.49. The molecule has 0 saturated carbocycles. The van der Waals surface area contributed by atoms with Crippen LogP contribution in [0.15, 0.2) is 0 Å². The zero-order chi connectivity index (χ0) is 17.6. The van der Waals surface area contributed by atoms with Gasteiger partial charge in [0.15, 0.2) is 0 Å². The van der Waals surface area contributed by atoms with Crippen molar-refractivity contribution in [2.24, 2.45) is 0 Å². The fourth-order valence-electron chi connectivity index (χ4n) is 3.65. The molecule has 2 aliphatic heterocycles. The molecule has 0 amide bonds. The monoisotopic (exact) mass is 340 g/mol. The summed E-state index contributed by atoms with van der Waals surface area (Å²) in [5.74, 6) is -0.0723. The van der Waals surface area contributed by atoms with Crippen molar-refractivity contribution in [3.63, 3.8) is 0 Å². The molecule has 2 heterocycles. The highest BCUT2D eigenvalue weighted by Gasteiger charge is 2.36. The Bertz CT molecular complexity index is 386. The lowest BCUT2D eigenvalue weighted by Crippen LogP contribution is -2.59. The third-order valence-electron chi connectivity index (χ3n) is 5.57. The summed E-state index contributed by atoms with van der Waals surface area (Å²) in [6.07, 6.45) is 3.19. The second kappa shape index (κ2) is 9.13. The molecule has 140 valence electrons. The fourth-order valence-corrected chi connectivity index (χ4v) is 3.65. The molecular formula is C18H36N4O2. The lowest BCUT2D eigenvalue weighted by atomic mass is 9.87. The lowest BCUT2D eigenvalue weighted by molar-refractivity contribution is -0.145. The fraction of sp³-hybridized carbons (Fsp3) is 0.944. The maximum absolute atomic E-state index is 12.0. The first-order chi connectivity index (χ1) is 11.4. The summed E-state index contributed by atoms with van der Waals surface area (Å²) >= 11 is 0. The van der Waals surface area contributed by atoms with Crippen LogP contribution in [0.1, 0.15) is 26.2 Å². The van der Waals surface area contributed by atoms with Crippen LogP contribution >= 0.6 is 0 Å². The molecule has 0 atom stereocenters. The molecular weight excluding hydrogens is 304 g/mol. The first-order valence-corrected chi connectivity index (χ1v) is 9.35. The number of carbonyl (C=O) groups is 1. The van der Waals surface area contributed by atoms with Gasteiger partial charge in [0.1, 0.15) is 0 Å². The van der Waals surface area contributed by atoms with E-state index >= 15 is 0 Å². The van der Waals surface area contributed by atoms with Gasteiger partial charge in [-0.3, -0.25) is 14.6 Å². The molecule has 0 spiro atoms. The van der Waals surface area contributed by atoms with Crippen molar-refractivity contribution in [2.45, 2.75) is 31.7 Å². The van der Waals surface area contributed by atoms with Crippen LogP contribution < -0.4 is 0 Å². The molecule has 6 nitrogen and oxygen atoms in total. The first kappa shape index (κ1) is 19.6. The summed E-state index contributed by atoms with van der Waals surface area (Å²) in [6.45, 7) is 11.0. The van der Waals surface area contributed by atoms with Gasteiger partial charge in [-0.15, -0.1) is 0 Å². The molecule has 6 heteroatoms. The number of likely N-dealkylation sites (N-methyl/N-ethyl adjacent to an activating group) is 1. The van der Waals surface area contributed by atoms with Gasteiger partial charge in [0.05, 0.1) is 13.2 Å². The minimum Gasteiger partial charge on any atom is -0.465 e. The molecule has 0 radical (unpaired) electrons. The van der Waals surface area contributed by atoms with Crippen LogP contribution in [0.4, 0.5) is 0 Å². The van der Waals surface area contributed by atoms with Gasteiger partial charge in [0.2, 0.25) is 0 Å². The molecule has 0 N–H and O–H groups in total. The van der Waals surface area contributed by atoms with Gasteiger partial charge in [-0.05, 0) is 47.3 Å². The van der Waals surface area contributed by atoms with Crippen molar-refractivity contribution in [2.75, 3.05) is 80.1 Å². The predicted molar refractivity (Wildman–Crippen MR) is 97.3 cm³/mol. The maximum Gasteiger partial charge on any atom is 0.320 e. The van der Waals surface area contributed by atoms with Crippen molar-refractivity contribution in [1.82, 2.24) is 19.6 Å². The molecule has 0 unspecified atom stereocenters. The molecule has 0 aromatic rings. The normalized spacial score (nSPS) is 23.5. The quantitative estimate of drug-likeness (QED) is 0.499. The third kappa shape index (κ3) is 5.99. The van der Waals surface area contributed by atoms with Crippen LogP contribution in [0.5, 0.6) is 0 Å². The zero-order valence-electron chi connectivity index (χ0n) is 16.1. The van der Waals surface area contributed by atoms with E-state index < -0.39 is 0 Å². The minimum atomic E-state index is -0.0723. The number of piperazine rings is 1. The summed E-state index contributed by atoms with van der Waals surface area (Å²) in [7, 11) is 6.27. The summed E-state index contributed by atoms with van der Waals surface area (Å²) < 4.78 is 5.35. The number of hydrogen-bond donors (Lipinski definition) is 0. The third-order valence-corrected chi connectivity index (χ3v) is 5.57. The Kier molecular flexibility index (Phi) is 7.47. The first-order valence-electron chi connectivity index (χ1n) is 9.35. The summed E-state index contributed by atoms with van der Waals surface area (Å²) in [5.41, 5.74) is 0.299. The topological polar surface area (TPSA) is 39.3 Å². The van der Waals surface area contributed by atoms with Gasteiger partial charge in [0, 0.05) is 51.4 Å². The van der Waals surface area contributed by atoms with E-state index in [0.717, 1.165) is 38.9 Å².